The van der Waals surface area contributed by atoms with Gasteiger partial charge < -0.3 is 15.2 Å². The van der Waals surface area contributed by atoms with Crippen molar-refractivity contribution in [1.82, 2.24) is 24.6 Å². The van der Waals surface area contributed by atoms with Crippen LogP contribution in [0.25, 0.3) is 0 Å². The average Bonchev–Trinajstić information content (AvgIpc) is 3.49. The predicted molar refractivity (Wildman–Crippen MR) is 146 cm³/mol. The minimum Gasteiger partial charge on any atom is -0.369 e. The van der Waals surface area contributed by atoms with Crippen molar-refractivity contribution in [2.45, 2.75) is 70.1 Å². The first-order valence-corrected chi connectivity index (χ1v) is 14.0. The number of hydrogen-bond donors (Lipinski definition) is 1. The third-order valence-electron chi connectivity index (χ3n) is 7.90. The SMILES string of the molecule is CCc1nnc2n1CCN(C(=O)c1cc(CN3C(=O)[C@@](CCCC(F)(F)F)(c4ccc(F)cc4)N=C3N)ccc1C(F)(F)F)C2. The molecular weight excluding hydrogens is 611 g/mol. The van der Waals surface area contributed by atoms with E-state index in [0.29, 0.717) is 24.6 Å². The number of aryl methyl sites for hydroxylation is 1. The van der Waals surface area contributed by atoms with E-state index in [1.807, 2.05) is 11.5 Å². The molecule has 2 N–H and O–H groups in total. The summed E-state index contributed by atoms with van der Waals surface area (Å²) >= 11 is 0. The Balaban J connectivity index is 1.44. The Morgan fingerprint density at radius 3 is 2.38 bits per heavy atom. The number of amides is 2. The van der Waals surface area contributed by atoms with Gasteiger partial charge in [0.25, 0.3) is 11.8 Å². The van der Waals surface area contributed by atoms with E-state index in [9.17, 15) is 40.3 Å². The zero-order valence-corrected chi connectivity index (χ0v) is 23.9. The van der Waals surface area contributed by atoms with Gasteiger partial charge in [-0.25, -0.2) is 9.38 Å². The molecule has 0 saturated carbocycles. The first-order valence-electron chi connectivity index (χ1n) is 14.0. The smallest absolute Gasteiger partial charge is 0.369 e. The molecule has 0 unspecified atom stereocenters. The molecule has 0 radical (unpaired) electrons. The summed E-state index contributed by atoms with van der Waals surface area (Å²) in [6.07, 6.45) is -10.9. The van der Waals surface area contributed by atoms with Crippen LogP contribution in [0.15, 0.2) is 47.5 Å². The summed E-state index contributed by atoms with van der Waals surface area (Å²) in [4.78, 5) is 33.7. The van der Waals surface area contributed by atoms with Crippen LogP contribution < -0.4 is 5.73 Å². The summed E-state index contributed by atoms with van der Waals surface area (Å²) in [5.74, 6) is -1.64. The second kappa shape index (κ2) is 11.8. The molecule has 0 bridgehead atoms. The Morgan fingerprint density at radius 1 is 1.02 bits per heavy atom. The normalized spacial score (nSPS) is 18.8. The molecule has 0 fully saturated rings. The Hall–Kier alpha value is -4.50. The quantitative estimate of drug-likeness (QED) is 0.352. The van der Waals surface area contributed by atoms with Crippen LogP contribution in [0.2, 0.25) is 0 Å². The van der Waals surface area contributed by atoms with Crippen molar-refractivity contribution in [1.29, 1.82) is 0 Å². The minimum atomic E-state index is -4.88. The van der Waals surface area contributed by atoms with E-state index in [0.717, 1.165) is 35.2 Å². The summed E-state index contributed by atoms with van der Waals surface area (Å²) < 4.78 is 96.5. The molecule has 5 rings (SSSR count). The van der Waals surface area contributed by atoms with Crippen molar-refractivity contribution < 1.29 is 40.3 Å². The number of alkyl halides is 6. The molecule has 2 aromatic carbocycles. The van der Waals surface area contributed by atoms with Gasteiger partial charge >= 0.3 is 12.4 Å². The zero-order valence-electron chi connectivity index (χ0n) is 23.9. The van der Waals surface area contributed by atoms with Gasteiger partial charge in [0.05, 0.1) is 24.2 Å². The number of fused-ring (bicyclic) bond motifs is 1. The molecule has 0 saturated heterocycles. The molecular formula is C29H28F7N7O2. The maximum atomic E-state index is 14.0. The van der Waals surface area contributed by atoms with Crippen LogP contribution in [0.4, 0.5) is 30.7 Å². The number of aliphatic imine (C=N–C) groups is 1. The van der Waals surface area contributed by atoms with Gasteiger partial charge in [-0.3, -0.25) is 14.5 Å². The van der Waals surface area contributed by atoms with Gasteiger partial charge in [-0.1, -0.05) is 25.1 Å². The topological polar surface area (TPSA) is 110 Å². The van der Waals surface area contributed by atoms with Crippen LogP contribution in [0.5, 0.6) is 0 Å². The summed E-state index contributed by atoms with van der Waals surface area (Å²) in [6.45, 7) is 1.80. The monoisotopic (exact) mass is 639 g/mol. The first-order chi connectivity index (χ1) is 21.1. The first kappa shape index (κ1) is 31.9. The summed E-state index contributed by atoms with van der Waals surface area (Å²) in [5, 5.41) is 8.10. The number of aromatic nitrogens is 3. The standard InChI is InChI=1S/C29H28F7N7O2/c1-2-22-39-40-23-16-41(12-13-42(22)23)24(44)20-14-17(4-9-21(20)29(34,35)36)15-43-25(45)27(38-26(43)37,10-3-11-28(31,32)33)18-5-7-19(30)8-6-18/h4-9,14H,2-3,10-13,15-16H2,1H3,(H2,37,38)/t27-/m1/s1. The third-order valence-corrected chi connectivity index (χ3v) is 7.90. The van der Waals surface area contributed by atoms with E-state index in [2.05, 4.69) is 15.2 Å². The molecule has 16 heteroatoms. The Morgan fingerprint density at radius 2 is 1.73 bits per heavy atom. The number of carbonyl (C=O) groups excluding carboxylic acids is 2. The van der Waals surface area contributed by atoms with E-state index in [-0.39, 0.29) is 30.2 Å². The number of hydrogen-bond acceptors (Lipinski definition) is 6. The number of carbonyl (C=O) groups is 2. The van der Waals surface area contributed by atoms with E-state index < -0.39 is 72.5 Å². The lowest BCUT2D eigenvalue weighted by molar-refractivity contribution is -0.139. The predicted octanol–water partition coefficient (Wildman–Crippen LogP) is 4.94. The van der Waals surface area contributed by atoms with Crippen LogP contribution >= 0.6 is 0 Å². The number of nitrogens with two attached hydrogens (primary N) is 1. The van der Waals surface area contributed by atoms with Crippen molar-refractivity contribution in [3.8, 4) is 0 Å². The lowest BCUT2D eigenvalue weighted by Gasteiger charge is -2.29. The number of rotatable bonds is 8. The molecule has 2 amide bonds. The third kappa shape index (κ3) is 6.35. The Labute approximate surface area is 252 Å². The highest BCUT2D eigenvalue weighted by atomic mass is 19.4. The largest absolute Gasteiger partial charge is 0.417 e. The van der Waals surface area contributed by atoms with Crippen molar-refractivity contribution in [3.63, 3.8) is 0 Å². The van der Waals surface area contributed by atoms with E-state index in [1.165, 1.54) is 17.0 Å². The van der Waals surface area contributed by atoms with Gasteiger partial charge in [0, 0.05) is 25.9 Å². The second-order valence-electron chi connectivity index (χ2n) is 10.8. The molecule has 3 heterocycles. The van der Waals surface area contributed by atoms with E-state index >= 15 is 0 Å². The molecule has 2 aliphatic heterocycles. The average molecular weight is 640 g/mol. The molecule has 0 spiro atoms. The van der Waals surface area contributed by atoms with E-state index in [1.54, 1.807) is 0 Å². The molecule has 1 aromatic heterocycles. The summed E-state index contributed by atoms with van der Waals surface area (Å²) in [7, 11) is 0. The van der Waals surface area contributed by atoms with E-state index in [4.69, 9.17) is 5.73 Å². The minimum absolute atomic E-state index is 0.0598. The zero-order chi connectivity index (χ0) is 32.7. The number of benzene rings is 2. The van der Waals surface area contributed by atoms with Gasteiger partial charge in [-0.15, -0.1) is 10.2 Å². The number of guanidine groups is 1. The fourth-order valence-corrected chi connectivity index (χ4v) is 5.67. The van der Waals surface area contributed by atoms with Gasteiger partial charge in [-0.2, -0.15) is 26.3 Å². The Bertz CT molecular complexity index is 1630. The van der Waals surface area contributed by atoms with Crippen molar-refractivity contribution in [2.75, 3.05) is 6.54 Å². The van der Waals surface area contributed by atoms with Crippen LogP contribution in [0.1, 0.15) is 64.9 Å². The number of nitrogens with zero attached hydrogens (tertiary/aromatic N) is 6. The second-order valence-corrected chi connectivity index (χ2v) is 10.8. The van der Waals surface area contributed by atoms with Gasteiger partial charge in [0.2, 0.25) is 0 Å². The fourth-order valence-electron chi connectivity index (χ4n) is 5.67. The van der Waals surface area contributed by atoms with Crippen molar-refractivity contribution in [3.05, 3.63) is 82.2 Å². The van der Waals surface area contributed by atoms with Gasteiger partial charge in [-0.05, 0) is 48.2 Å². The highest BCUT2D eigenvalue weighted by Gasteiger charge is 2.49. The molecule has 2 aliphatic rings. The van der Waals surface area contributed by atoms with Crippen LogP contribution in [-0.2, 0) is 42.6 Å². The summed E-state index contributed by atoms with van der Waals surface area (Å²) in [5.41, 5.74) is 2.54. The van der Waals surface area contributed by atoms with Crippen LogP contribution in [0.3, 0.4) is 0 Å². The van der Waals surface area contributed by atoms with Gasteiger partial charge in [0.1, 0.15) is 11.6 Å². The lowest BCUT2D eigenvalue weighted by atomic mass is 9.84. The molecule has 1 atom stereocenters. The highest BCUT2D eigenvalue weighted by molar-refractivity contribution is 6.07. The molecule has 240 valence electrons. The maximum absolute atomic E-state index is 14.0. The lowest BCUT2D eigenvalue weighted by Crippen LogP contribution is -2.43. The Kier molecular flexibility index (Phi) is 8.35. The van der Waals surface area contributed by atoms with Crippen molar-refractivity contribution in [2.24, 2.45) is 10.7 Å². The van der Waals surface area contributed by atoms with Crippen molar-refractivity contribution >= 4 is 17.8 Å². The van der Waals surface area contributed by atoms with Gasteiger partial charge in [0.15, 0.2) is 17.3 Å². The number of halogens is 7. The fraction of sp³-hybridized carbons (Fsp3) is 0.414. The molecule has 45 heavy (non-hydrogen) atoms. The molecule has 3 aromatic rings. The van der Waals surface area contributed by atoms with Crippen LogP contribution in [0, 0.1) is 5.82 Å². The maximum Gasteiger partial charge on any atom is 0.417 e. The highest BCUT2D eigenvalue weighted by Crippen LogP contribution is 2.40. The summed E-state index contributed by atoms with van der Waals surface area (Å²) in [6, 6.07) is 7.34. The van der Waals surface area contributed by atoms with Crippen LogP contribution in [-0.4, -0.2) is 55.1 Å². The molecule has 0 aliphatic carbocycles. The molecule has 9 nitrogen and oxygen atoms in total.